The maximum atomic E-state index is 12.1. The van der Waals surface area contributed by atoms with Crippen LogP contribution in [0.5, 0.6) is 5.75 Å². The number of rotatable bonds is 5. The molecule has 0 saturated carbocycles. The van der Waals surface area contributed by atoms with E-state index in [0.29, 0.717) is 22.2 Å². The van der Waals surface area contributed by atoms with Crippen LogP contribution in [0.2, 0.25) is 0 Å². The van der Waals surface area contributed by atoms with Crippen LogP contribution >= 0.6 is 11.3 Å². The number of ketones is 1. The fourth-order valence-electron chi connectivity index (χ4n) is 3.15. The largest absolute Gasteiger partial charge is 0.484 e. The number of aryl methyl sites for hydroxylation is 1. The van der Waals surface area contributed by atoms with E-state index in [2.05, 4.69) is 10.3 Å². The van der Waals surface area contributed by atoms with Crippen molar-refractivity contribution in [2.75, 3.05) is 11.9 Å². The average Bonchev–Trinajstić information content (AvgIpc) is 3.29. The molecule has 138 valence electrons. The molecule has 1 N–H and O–H groups in total. The first-order valence-corrected chi connectivity index (χ1v) is 9.37. The first kappa shape index (κ1) is 17.4. The normalized spacial score (nSPS) is 12.8. The third-order valence-corrected chi connectivity index (χ3v) is 5.18. The van der Waals surface area contributed by atoms with Gasteiger partial charge in [0.15, 0.2) is 17.5 Å². The SMILES string of the molecule is CC(=O)c1csc(NC(=O)COc2ccc3c4c(c(=O)oc3c2)CCC4)n1. The molecule has 1 aliphatic carbocycles. The lowest BCUT2D eigenvalue weighted by atomic mass is 10.1. The van der Waals surface area contributed by atoms with Crippen LogP contribution in [0.4, 0.5) is 5.13 Å². The molecule has 7 nitrogen and oxygen atoms in total. The van der Waals surface area contributed by atoms with E-state index in [4.69, 9.17) is 9.15 Å². The van der Waals surface area contributed by atoms with Crippen molar-refractivity contribution in [1.29, 1.82) is 0 Å². The van der Waals surface area contributed by atoms with Crippen molar-refractivity contribution in [1.82, 2.24) is 4.98 Å². The number of ether oxygens (including phenoxy) is 1. The van der Waals surface area contributed by atoms with Crippen molar-refractivity contribution in [2.45, 2.75) is 26.2 Å². The predicted octanol–water partition coefficient (Wildman–Crippen LogP) is 2.96. The second-order valence-corrected chi connectivity index (χ2v) is 7.15. The fourth-order valence-corrected chi connectivity index (χ4v) is 3.92. The van der Waals surface area contributed by atoms with Crippen LogP contribution in [0, 0.1) is 0 Å². The summed E-state index contributed by atoms with van der Waals surface area (Å²) >= 11 is 1.17. The number of Topliss-reactive ketones (excluding diaryl/α,β-unsaturated/α-hetero) is 1. The Morgan fingerprint density at radius 2 is 2.11 bits per heavy atom. The molecule has 8 heteroatoms. The first-order chi connectivity index (χ1) is 13.0. The molecule has 1 amide bonds. The summed E-state index contributed by atoms with van der Waals surface area (Å²) < 4.78 is 10.9. The Morgan fingerprint density at radius 1 is 1.30 bits per heavy atom. The van der Waals surface area contributed by atoms with E-state index in [0.717, 1.165) is 35.8 Å². The lowest BCUT2D eigenvalue weighted by Crippen LogP contribution is -2.20. The first-order valence-electron chi connectivity index (χ1n) is 8.49. The number of fused-ring (bicyclic) bond motifs is 3. The molecule has 0 unspecified atom stereocenters. The number of hydrogen-bond acceptors (Lipinski definition) is 7. The van der Waals surface area contributed by atoms with Gasteiger partial charge < -0.3 is 9.15 Å². The van der Waals surface area contributed by atoms with Crippen molar-refractivity contribution in [2.24, 2.45) is 0 Å². The Morgan fingerprint density at radius 3 is 2.89 bits per heavy atom. The van der Waals surface area contributed by atoms with Crippen LogP contribution in [0.15, 0.2) is 32.8 Å². The third kappa shape index (κ3) is 3.48. The lowest BCUT2D eigenvalue weighted by Gasteiger charge is -2.08. The van der Waals surface area contributed by atoms with Gasteiger partial charge >= 0.3 is 5.63 Å². The highest BCUT2D eigenvalue weighted by atomic mass is 32.1. The van der Waals surface area contributed by atoms with Gasteiger partial charge in [0.05, 0.1) is 0 Å². The van der Waals surface area contributed by atoms with Crippen LogP contribution in [0.25, 0.3) is 11.0 Å². The summed E-state index contributed by atoms with van der Waals surface area (Å²) in [5.41, 5.74) is 2.30. The highest BCUT2D eigenvalue weighted by molar-refractivity contribution is 7.14. The van der Waals surface area contributed by atoms with E-state index in [1.54, 1.807) is 17.5 Å². The quantitative estimate of drug-likeness (QED) is 0.536. The molecule has 2 aromatic heterocycles. The van der Waals surface area contributed by atoms with Gasteiger partial charge in [-0.1, -0.05) is 0 Å². The smallest absolute Gasteiger partial charge is 0.339 e. The molecule has 3 aromatic rings. The Kier molecular flexibility index (Phi) is 4.49. The van der Waals surface area contributed by atoms with E-state index < -0.39 is 5.91 Å². The van der Waals surface area contributed by atoms with Gasteiger partial charge in [-0.15, -0.1) is 11.3 Å². The van der Waals surface area contributed by atoms with Gasteiger partial charge in [-0.05, 0) is 37.0 Å². The summed E-state index contributed by atoms with van der Waals surface area (Å²) in [6.07, 6.45) is 2.59. The molecule has 0 bridgehead atoms. The molecule has 0 atom stereocenters. The molecule has 2 heterocycles. The number of aromatic nitrogens is 1. The van der Waals surface area contributed by atoms with Gasteiger partial charge in [-0.25, -0.2) is 9.78 Å². The van der Waals surface area contributed by atoms with Crippen LogP contribution in [-0.4, -0.2) is 23.3 Å². The van der Waals surface area contributed by atoms with E-state index >= 15 is 0 Å². The van der Waals surface area contributed by atoms with E-state index in [1.807, 2.05) is 6.07 Å². The van der Waals surface area contributed by atoms with Gasteiger partial charge in [-0.2, -0.15) is 0 Å². The number of carbonyl (C=O) groups excluding carboxylic acids is 2. The third-order valence-electron chi connectivity index (χ3n) is 4.43. The summed E-state index contributed by atoms with van der Waals surface area (Å²) in [7, 11) is 0. The standard InChI is InChI=1S/C19H16N2O5S/c1-10(22)15-9-27-19(20-15)21-17(23)8-25-11-5-6-13-12-3-2-4-14(12)18(24)26-16(13)7-11/h5-7,9H,2-4,8H2,1H3,(H,20,21,23). The van der Waals surface area contributed by atoms with Crippen LogP contribution < -0.4 is 15.7 Å². The molecular weight excluding hydrogens is 368 g/mol. The molecule has 1 aromatic carbocycles. The van der Waals surface area contributed by atoms with E-state index in [1.165, 1.54) is 18.3 Å². The number of nitrogens with one attached hydrogen (secondary N) is 1. The van der Waals surface area contributed by atoms with Gasteiger partial charge in [0.25, 0.3) is 5.91 Å². The van der Waals surface area contributed by atoms with Crippen molar-refractivity contribution in [3.8, 4) is 5.75 Å². The second kappa shape index (κ2) is 6.96. The lowest BCUT2D eigenvalue weighted by molar-refractivity contribution is -0.118. The van der Waals surface area contributed by atoms with Crippen LogP contribution in [0.3, 0.4) is 0 Å². The summed E-state index contributed by atoms with van der Waals surface area (Å²) in [6.45, 7) is 1.19. The summed E-state index contributed by atoms with van der Waals surface area (Å²) in [6, 6.07) is 5.24. The minimum Gasteiger partial charge on any atom is -0.484 e. The Labute approximate surface area is 158 Å². The molecule has 0 radical (unpaired) electrons. The number of nitrogens with zero attached hydrogens (tertiary/aromatic N) is 1. The fraction of sp³-hybridized carbons (Fsp3) is 0.263. The number of anilines is 1. The molecule has 0 aliphatic heterocycles. The number of amides is 1. The van der Waals surface area contributed by atoms with Gasteiger partial charge in [0, 0.05) is 29.3 Å². The average molecular weight is 384 g/mol. The number of carbonyl (C=O) groups is 2. The summed E-state index contributed by atoms with van der Waals surface area (Å²) in [5.74, 6) is -0.121. The van der Waals surface area contributed by atoms with E-state index in [-0.39, 0.29) is 18.0 Å². The minimum absolute atomic E-state index is 0.160. The Bertz CT molecular complexity index is 1110. The molecule has 0 spiro atoms. The number of benzene rings is 1. The van der Waals surface area contributed by atoms with Crippen LogP contribution in [0.1, 0.15) is 35.0 Å². The highest BCUT2D eigenvalue weighted by Crippen LogP contribution is 2.29. The zero-order chi connectivity index (χ0) is 19.0. The highest BCUT2D eigenvalue weighted by Gasteiger charge is 2.19. The summed E-state index contributed by atoms with van der Waals surface area (Å²) in [4.78, 5) is 39.3. The minimum atomic E-state index is -0.394. The number of thiazole rings is 1. The molecule has 27 heavy (non-hydrogen) atoms. The van der Waals surface area contributed by atoms with Crippen molar-refractivity contribution in [3.05, 3.63) is 50.8 Å². The molecular formula is C19H16N2O5S. The monoisotopic (exact) mass is 384 g/mol. The van der Waals surface area contributed by atoms with Crippen molar-refractivity contribution < 1.29 is 18.7 Å². The maximum absolute atomic E-state index is 12.1. The zero-order valence-electron chi connectivity index (χ0n) is 14.5. The Hall–Kier alpha value is -3.00. The molecule has 0 saturated heterocycles. The zero-order valence-corrected chi connectivity index (χ0v) is 15.4. The van der Waals surface area contributed by atoms with Gasteiger partial charge in [0.2, 0.25) is 0 Å². The molecule has 4 rings (SSSR count). The predicted molar refractivity (Wildman–Crippen MR) is 101 cm³/mol. The number of hydrogen-bond donors (Lipinski definition) is 1. The van der Waals surface area contributed by atoms with E-state index in [9.17, 15) is 14.4 Å². The summed E-state index contributed by atoms with van der Waals surface area (Å²) in [5, 5.41) is 5.43. The molecule has 0 fully saturated rings. The van der Waals surface area contributed by atoms with Gasteiger partial charge in [0.1, 0.15) is 17.0 Å². The molecule has 1 aliphatic rings. The second-order valence-electron chi connectivity index (χ2n) is 6.29. The maximum Gasteiger partial charge on any atom is 0.339 e. The Balaban J connectivity index is 1.45. The van der Waals surface area contributed by atoms with Crippen molar-refractivity contribution >= 4 is 39.1 Å². The van der Waals surface area contributed by atoms with Crippen LogP contribution in [-0.2, 0) is 17.6 Å². The van der Waals surface area contributed by atoms with Gasteiger partial charge in [-0.3, -0.25) is 14.9 Å². The topological polar surface area (TPSA) is 98.5 Å². The van der Waals surface area contributed by atoms with Crippen molar-refractivity contribution in [3.63, 3.8) is 0 Å².